The average Bonchev–Trinajstić information content (AvgIpc) is 2.57. The Morgan fingerprint density at radius 2 is 1.09 bits per heavy atom. The summed E-state index contributed by atoms with van der Waals surface area (Å²) < 4.78 is 0. The van der Waals surface area contributed by atoms with Gasteiger partial charge in [-0.3, -0.25) is 0 Å². The van der Waals surface area contributed by atoms with E-state index < -0.39 is 15.3 Å². The topological polar surface area (TPSA) is 0 Å². The van der Waals surface area contributed by atoms with Crippen molar-refractivity contribution in [2.45, 2.75) is 13.1 Å². The first-order chi connectivity index (χ1) is 11.1. The van der Waals surface area contributed by atoms with Gasteiger partial charge >= 0.3 is 0 Å². The summed E-state index contributed by atoms with van der Waals surface area (Å²) in [5.74, 6) is 0. The average molecular weight is 355 g/mol. The van der Waals surface area contributed by atoms with Gasteiger partial charge in [-0.25, -0.2) is 0 Å². The van der Waals surface area contributed by atoms with Crippen LogP contribution in [0.3, 0.4) is 0 Å². The van der Waals surface area contributed by atoms with Crippen LogP contribution in [0.15, 0.2) is 84.9 Å². The summed E-state index contributed by atoms with van der Waals surface area (Å²) >= 11 is 6.83. The van der Waals surface area contributed by atoms with Crippen molar-refractivity contribution in [3.05, 3.63) is 84.9 Å². The van der Waals surface area contributed by atoms with Gasteiger partial charge < -0.3 is 0 Å². The van der Waals surface area contributed by atoms with Gasteiger partial charge in [-0.2, -0.15) is 11.1 Å². The van der Waals surface area contributed by atoms with E-state index >= 15 is 0 Å². The molecule has 0 saturated heterocycles. The molecule has 0 bridgehead atoms. The summed E-state index contributed by atoms with van der Waals surface area (Å²) in [5.41, 5.74) is 0. The molecule has 3 aromatic rings. The summed E-state index contributed by atoms with van der Waals surface area (Å²) in [6.45, 7) is 4.41. The fourth-order valence-electron chi connectivity index (χ4n) is 2.75. The van der Waals surface area contributed by atoms with E-state index in [1.165, 1.54) is 21.1 Å². The third kappa shape index (κ3) is 3.75. The Morgan fingerprint density at radius 3 is 1.57 bits per heavy atom. The molecule has 116 valence electrons. The Kier molecular flexibility index (Phi) is 5.01. The number of halogens is 1. The molecule has 3 heteroatoms. The van der Waals surface area contributed by atoms with Crippen LogP contribution in [0.2, 0.25) is 13.1 Å². The number of rotatable bonds is 4. The van der Waals surface area contributed by atoms with Gasteiger partial charge in [0.25, 0.3) is 0 Å². The number of benzene rings is 3. The smallest absolute Gasteiger partial charge is 0.161 e. The lowest BCUT2D eigenvalue weighted by Crippen LogP contribution is -2.46. The molecule has 0 aliphatic carbocycles. The van der Waals surface area contributed by atoms with Gasteiger partial charge in [0, 0.05) is 0 Å². The second-order valence-electron chi connectivity index (χ2n) is 6.00. The normalized spacial score (nSPS) is 11.7. The molecule has 0 saturated carbocycles. The lowest BCUT2D eigenvalue weighted by atomic mass is 10.3. The molecular formula is C20H20ClPSi. The van der Waals surface area contributed by atoms with E-state index in [1.807, 2.05) is 0 Å². The number of hydrogen-bond donors (Lipinski definition) is 0. The van der Waals surface area contributed by atoms with Crippen LogP contribution in [0, 0.1) is 0 Å². The maximum absolute atomic E-state index is 6.83. The Labute approximate surface area is 145 Å². The van der Waals surface area contributed by atoms with Gasteiger partial charge in [0.15, 0.2) is 7.38 Å². The first-order valence-electron chi connectivity index (χ1n) is 7.76. The SMILES string of the molecule is C[Si](C)(Cl)c1ccccc1P(c1ccccc1)c1ccccc1. The summed E-state index contributed by atoms with van der Waals surface area (Å²) in [7, 11) is -2.50. The van der Waals surface area contributed by atoms with E-state index in [2.05, 4.69) is 98.0 Å². The quantitative estimate of drug-likeness (QED) is 0.376. The molecule has 3 aromatic carbocycles. The van der Waals surface area contributed by atoms with Gasteiger partial charge in [-0.05, 0) is 29.0 Å². The van der Waals surface area contributed by atoms with Crippen LogP contribution in [0.5, 0.6) is 0 Å². The maximum Gasteiger partial charge on any atom is 0.181 e. The number of hydrogen-bond acceptors (Lipinski definition) is 0. The maximum atomic E-state index is 6.83. The van der Waals surface area contributed by atoms with E-state index in [1.54, 1.807) is 0 Å². The predicted octanol–water partition coefficient (Wildman–Crippen LogP) is 4.10. The van der Waals surface area contributed by atoms with E-state index in [4.69, 9.17) is 11.1 Å². The van der Waals surface area contributed by atoms with Crippen LogP contribution in [-0.2, 0) is 0 Å². The zero-order valence-corrected chi connectivity index (χ0v) is 16.1. The first kappa shape index (κ1) is 16.5. The van der Waals surface area contributed by atoms with E-state index in [9.17, 15) is 0 Å². The Hall–Kier alpha value is -1.40. The minimum Gasteiger partial charge on any atom is -0.161 e. The highest BCUT2D eigenvalue weighted by Crippen LogP contribution is 2.32. The van der Waals surface area contributed by atoms with Crippen LogP contribution < -0.4 is 21.1 Å². The van der Waals surface area contributed by atoms with Gasteiger partial charge in [0.05, 0.1) is 0 Å². The summed E-state index contributed by atoms with van der Waals surface area (Å²) in [5, 5.41) is 5.49. The van der Waals surface area contributed by atoms with Crippen LogP contribution in [0.1, 0.15) is 0 Å². The lowest BCUT2D eigenvalue weighted by molar-refractivity contribution is 1.74. The molecule has 0 spiro atoms. The third-order valence-corrected chi connectivity index (χ3v) is 8.85. The van der Waals surface area contributed by atoms with Crippen molar-refractivity contribution in [1.82, 2.24) is 0 Å². The van der Waals surface area contributed by atoms with Crippen LogP contribution in [-0.4, -0.2) is 7.38 Å². The Morgan fingerprint density at radius 1 is 0.652 bits per heavy atom. The highest BCUT2D eigenvalue weighted by Gasteiger charge is 2.28. The second-order valence-corrected chi connectivity index (χ2v) is 14.5. The molecule has 0 aromatic heterocycles. The van der Waals surface area contributed by atoms with Gasteiger partial charge in [0.1, 0.15) is 0 Å². The zero-order chi connectivity index (χ0) is 16.3. The van der Waals surface area contributed by atoms with Crippen LogP contribution in [0.4, 0.5) is 0 Å². The molecule has 3 rings (SSSR count). The molecule has 0 nitrogen and oxygen atoms in total. The van der Waals surface area contributed by atoms with E-state index in [0.29, 0.717) is 0 Å². The molecule has 0 amide bonds. The zero-order valence-electron chi connectivity index (χ0n) is 13.4. The highest BCUT2D eigenvalue weighted by molar-refractivity contribution is 7.80. The fraction of sp³-hybridized carbons (Fsp3) is 0.100. The monoisotopic (exact) mass is 354 g/mol. The van der Waals surface area contributed by atoms with Crippen LogP contribution >= 0.6 is 19.0 Å². The predicted molar refractivity (Wildman–Crippen MR) is 108 cm³/mol. The van der Waals surface area contributed by atoms with Crippen molar-refractivity contribution in [1.29, 1.82) is 0 Å². The Balaban J connectivity index is 2.22. The van der Waals surface area contributed by atoms with E-state index in [0.717, 1.165) is 0 Å². The van der Waals surface area contributed by atoms with Crippen molar-refractivity contribution >= 4 is 47.5 Å². The minimum atomic E-state index is -1.92. The lowest BCUT2D eigenvalue weighted by Gasteiger charge is -2.26. The van der Waals surface area contributed by atoms with E-state index in [-0.39, 0.29) is 0 Å². The molecular weight excluding hydrogens is 335 g/mol. The standard InChI is InChI=1S/C20H20ClPSi/c1-23(2,21)20-16-10-9-15-19(20)22(17-11-5-3-6-12-17)18-13-7-4-8-14-18/h3-16H,1-2H3. The first-order valence-corrected chi connectivity index (χ1v) is 13.1. The molecule has 0 N–H and O–H groups in total. The van der Waals surface area contributed by atoms with Crippen LogP contribution in [0.25, 0.3) is 0 Å². The van der Waals surface area contributed by atoms with Gasteiger partial charge in [0.2, 0.25) is 0 Å². The van der Waals surface area contributed by atoms with Crippen molar-refractivity contribution in [3.8, 4) is 0 Å². The summed E-state index contributed by atoms with van der Waals surface area (Å²) in [6, 6.07) is 30.3. The minimum absolute atomic E-state index is 0.581. The molecule has 23 heavy (non-hydrogen) atoms. The fourth-order valence-corrected chi connectivity index (χ4v) is 8.15. The van der Waals surface area contributed by atoms with Crippen molar-refractivity contribution in [3.63, 3.8) is 0 Å². The summed E-state index contributed by atoms with van der Waals surface area (Å²) in [4.78, 5) is 0. The third-order valence-electron chi connectivity index (χ3n) is 3.81. The largest absolute Gasteiger partial charge is 0.181 e. The van der Waals surface area contributed by atoms with Gasteiger partial charge in [-0.15, -0.1) is 0 Å². The molecule has 0 radical (unpaired) electrons. The van der Waals surface area contributed by atoms with Gasteiger partial charge in [-0.1, -0.05) is 98.0 Å². The van der Waals surface area contributed by atoms with Crippen molar-refractivity contribution in [2.75, 3.05) is 0 Å². The highest BCUT2D eigenvalue weighted by atomic mass is 35.6. The van der Waals surface area contributed by atoms with Crippen molar-refractivity contribution in [2.24, 2.45) is 0 Å². The molecule has 0 aliphatic rings. The molecule has 0 aliphatic heterocycles. The summed E-state index contributed by atoms with van der Waals surface area (Å²) in [6.07, 6.45) is 0. The molecule has 0 fully saturated rings. The molecule has 0 unspecified atom stereocenters. The molecule has 0 atom stereocenters. The second kappa shape index (κ2) is 7.01. The molecule has 0 heterocycles. The van der Waals surface area contributed by atoms with Crippen molar-refractivity contribution < 1.29 is 0 Å². The Bertz CT molecular complexity index is 727.